The Hall–Kier alpha value is -1.10. The number of carbonyl (C=O) groups is 2. The maximum Gasteiger partial charge on any atom is 0.308 e. The molecule has 2 aliphatic carbocycles. The topological polar surface area (TPSA) is 92.4 Å². The van der Waals surface area contributed by atoms with Crippen LogP contribution in [-0.4, -0.2) is 29.1 Å². The number of carboxylic acid groups (broad SMARTS) is 1. The molecule has 2 fully saturated rings. The van der Waals surface area contributed by atoms with Crippen LogP contribution < -0.4 is 11.1 Å². The number of rotatable bonds is 3. The summed E-state index contributed by atoms with van der Waals surface area (Å²) >= 11 is 0. The van der Waals surface area contributed by atoms with Gasteiger partial charge in [0.2, 0.25) is 5.91 Å². The Labute approximate surface area is 113 Å². The molecule has 1 amide bonds. The van der Waals surface area contributed by atoms with Gasteiger partial charge in [-0.25, -0.2) is 0 Å². The molecule has 0 aromatic heterocycles. The van der Waals surface area contributed by atoms with Gasteiger partial charge < -0.3 is 16.2 Å². The molecule has 0 aromatic carbocycles. The molecule has 108 valence electrons. The quantitative estimate of drug-likeness (QED) is 0.718. The van der Waals surface area contributed by atoms with Crippen LogP contribution in [0, 0.1) is 11.3 Å². The Morgan fingerprint density at radius 3 is 2.47 bits per heavy atom. The highest BCUT2D eigenvalue weighted by molar-refractivity contribution is 5.84. The van der Waals surface area contributed by atoms with Gasteiger partial charge in [-0.1, -0.05) is 19.3 Å². The summed E-state index contributed by atoms with van der Waals surface area (Å²) in [6, 6.07) is -0.345. The summed E-state index contributed by atoms with van der Waals surface area (Å²) in [5, 5.41) is 12.2. The zero-order valence-corrected chi connectivity index (χ0v) is 11.5. The van der Waals surface area contributed by atoms with Crippen LogP contribution in [0.3, 0.4) is 0 Å². The second kappa shape index (κ2) is 5.49. The Balaban J connectivity index is 2.03. The molecule has 4 N–H and O–H groups in total. The van der Waals surface area contributed by atoms with Crippen LogP contribution in [0.25, 0.3) is 0 Å². The summed E-state index contributed by atoms with van der Waals surface area (Å²) in [5.74, 6) is -1.31. The highest BCUT2D eigenvalue weighted by Gasteiger charge is 2.44. The van der Waals surface area contributed by atoms with Crippen molar-refractivity contribution in [2.24, 2.45) is 17.1 Å². The summed E-state index contributed by atoms with van der Waals surface area (Å²) in [6.07, 6.45) is 5.97. The summed E-state index contributed by atoms with van der Waals surface area (Å²) < 4.78 is 0. The van der Waals surface area contributed by atoms with Crippen molar-refractivity contribution in [3.05, 3.63) is 0 Å². The van der Waals surface area contributed by atoms with E-state index in [1.807, 2.05) is 6.92 Å². The van der Waals surface area contributed by atoms with Crippen molar-refractivity contribution in [1.29, 1.82) is 0 Å². The average molecular weight is 268 g/mol. The van der Waals surface area contributed by atoms with Crippen molar-refractivity contribution in [1.82, 2.24) is 5.32 Å². The molecule has 0 bridgehead atoms. The molecular formula is C14H24N2O3. The van der Waals surface area contributed by atoms with E-state index in [2.05, 4.69) is 5.32 Å². The third kappa shape index (κ3) is 2.76. The third-order valence-corrected chi connectivity index (χ3v) is 4.95. The first-order valence-electron chi connectivity index (χ1n) is 7.24. The van der Waals surface area contributed by atoms with E-state index >= 15 is 0 Å². The Bertz CT molecular complexity index is 372. The predicted octanol–water partition coefficient (Wildman–Crippen LogP) is 1.26. The van der Waals surface area contributed by atoms with Crippen LogP contribution in [0.1, 0.15) is 51.9 Å². The lowest BCUT2D eigenvalue weighted by atomic mass is 9.81. The minimum atomic E-state index is -0.800. The fourth-order valence-electron chi connectivity index (χ4n) is 3.41. The van der Waals surface area contributed by atoms with Gasteiger partial charge in [0.05, 0.1) is 11.3 Å². The highest BCUT2D eigenvalue weighted by Crippen LogP contribution is 2.37. The van der Waals surface area contributed by atoms with Gasteiger partial charge in [0.25, 0.3) is 0 Å². The van der Waals surface area contributed by atoms with E-state index in [0.717, 1.165) is 38.5 Å². The second-order valence-corrected chi connectivity index (χ2v) is 6.23. The lowest BCUT2D eigenvalue weighted by Gasteiger charge is -2.34. The molecule has 0 heterocycles. The van der Waals surface area contributed by atoms with Gasteiger partial charge in [0.1, 0.15) is 0 Å². The maximum atomic E-state index is 12.4. The van der Waals surface area contributed by atoms with E-state index < -0.39 is 17.3 Å². The number of amides is 1. The molecular weight excluding hydrogens is 244 g/mol. The van der Waals surface area contributed by atoms with E-state index in [4.69, 9.17) is 5.73 Å². The number of hydrogen-bond donors (Lipinski definition) is 3. The number of carbonyl (C=O) groups excluding carboxylic acids is 1. The molecule has 0 radical (unpaired) electrons. The minimum Gasteiger partial charge on any atom is -0.481 e. The largest absolute Gasteiger partial charge is 0.481 e. The van der Waals surface area contributed by atoms with Crippen molar-refractivity contribution < 1.29 is 14.7 Å². The smallest absolute Gasteiger partial charge is 0.308 e. The summed E-state index contributed by atoms with van der Waals surface area (Å²) in [4.78, 5) is 23.7. The number of nitrogens with two attached hydrogens (primary N) is 1. The first-order chi connectivity index (χ1) is 8.95. The van der Waals surface area contributed by atoms with Gasteiger partial charge in [-0.2, -0.15) is 0 Å². The molecule has 19 heavy (non-hydrogen) atoms. The molecule has 0 aliphatic heterocycles. The first kappa shape index (κ1) is 14.3. The van der Waals surface area contributed by atoms with E-state index in [1.165, 1.54) is 0 Å². The molecule has 0 spiro atoms. The highest BCUT2D eigenvalue weighted by atomic mass is 16.4. The van der Waals surface area contributed by atoms with Crippen molar-refractivity contribution in [3.8, 4) is 0 Å². The zero-order chi connectivity index (χ0) is 14.0. The molecule has 2 saturated carbocycles. The molecule has 2 rings (SSSR count). The standard InChI is InChI=1S/C14H24N2O3/c1-14(8-4-7-11(14)15)13(19)16-10-6-3-2-5-9(10)12(17)18/h9-11H,2-8,15H2,1H3,(H,16,19)(H,17,18). The van der Waals surface area contributed by atoms with Gasteiger partial charge in [0, 0.05) is 12.1 Å². The van der Waals surface area contributed by atoms with E-state index in [-0.39, 0.29) is 18.0 Å². The Morgan fingerprint density at radius 1 is 1.21 bits per heavy atom. The SMILES string of the molecule is CC1(C(=O)NC2CCCCC2C(=O)O)CCCC1N. The maximum absolute atomic E-state index is 12.4. The Kier molecular flexibility index (Phi) is 4.13. The lowest BCUT2D eigenvalue weighted by molar-refractivity contribution is -0.144. The van der Waals surface area contributed by atoms with Gasteiger partial charge >= 0.3 is 5.97 Å². The van der Waals surface area contributed by atoms with Gasteiger partial charge in [-0.05, 0) is 32.6 Å². The predicted molar refractivity (Wildman–Crippen MR) is 71.5 cm³/mol. The van der Waals surface area contributed by atoms with Gasteiger partial charge in [0.15, 0.2) is 0 Å². The van der Waals surface area contributed by atoms with Crippen molar-refractivity contribution in [2.45, 2.75) is 64.0 Å². The van der Waals surface area contributed by atoms with Crippen LogP contribution in [0.5, 0.6) is 0 Å². The molecule has 0 saturated heterocycles. The monoisotopic (exact) mass is 268 g/mol. The van der Waals surface area contributed by atoms with E-state index in [1.54, 1.807) is 0 Å². The van der Waals surface area contributed by atoms with Crippen molar-refractivity contribution in [3.63, 3.8) is 0 Å². The lowest BCUT2D eigenvalue weighted by Crippen LogP contribution is -2.53. The van der Waals surface area contributed by atoms with Gasteiger partial charge in [-0.3, -0.25) is 9.59 Å². The third-order valence-electron chi connectivity index (χ3n) is 4.95. The number of hydrogen-bond acceptors (Lipinski definition) is 3. The minimum absolute atomic E-state index is 0.0596. The van der Waals surface area contributed by atoms with Gasteiger partial charge in [-0.15, -0.1) is 0 Å². The van der Waals surface area contributed by atoms with Crippen LogP contribution in [0.2, 0.25) is 0 Å². The molecule has 0 aromatic rings. The molecule has 2 aliphatic rings. The van der Waals surface area contributed by atoms with Crippen LogP contribution in [0.15, 0.2) is 0 Å². The molecule has 4 atom stereocenters. The zero-order valence-electron chi connectivity index (χ0n) is 11.5. The van der Waals surface area contributed by atoms with Crippen molar-refractivity contribution in [2.75, 3.05) is 0 Å². The van der Waals surface area contributed by atoms with E-state index in [0.29, 0.717) is 6.42 Å². The van der Waals surface area contributed by atoms with Crippen LogP contribution >= 0.6 is 0 Å². The fourth-order valence-corrected chi connectivity index (χ4v) is 3.41. The number of nitrogens with one attached hydrogen (secondary N) is 1. The first-order valence-corrected chi connectivity index (χ1v) is 7.24. The van der Waals surface area contributed by atoms with Crippen LogP contribution in [0.4, 0.5) is 0 Å². The molecule has 5 heteroatoms. The summed E-state index contributed by atoms with van der Waals surface area (Å²) in [7, 11) is 0. The van der Waals surface area contributed by atoms with Crippen molar-refractivity contribution >= 4 is 11.9 Å². The Morgan fingerprint density at radius 2 is 1.89 bits per heavy atom. The normalized spacial score (nSPS) is 38.9. The van der Waals surface area contributed by atoms with Crippen LogP contribution in [-0.2, 0) is 9.59 Å². The summed E-state index contributed by atoms with van der Waals surface area (Å²) in [5.41, 5.74) is 5.51. The second-order valence-electron chi connectivity index (χ2n) is 6.23. The van der Waals surface area contributed by atoms with E-state index in [9.17, 15) is 14.7 Å². The number of carboxylic acids is 1. The average Bonchev–Trinajstić information content (AvgIpc) is 2.71. The summed E-state index contributed by atoms with van der Waals surface area (Å²) in [6.45, 7) is 1.90. The molecule has 5 nitrogen and oxygen atoms in total. The number of aliphatic carboxylic acids is 1. The fraction of sp³-hybridized carbons (Fsp3) is 0.857. The molecule has 4 unspecified atom stereocenters.